The molecule has 0 spiro atoms. The quantitative estimate of drug-likeness (QED) is 0.557. The maximum absolute atomic E-state index is 13.0. The molecule has 18 heavy (non-hydrogen) atoms. The van der Waals surface area contributed by atoms with E-state index in [9.17, 15) is 4.57 Å². The zero-order chi connectivity index (χ0) is 14.1. The van der Waals surface area contributed by atoms with Crippen LogP contribution in [0, 0.1) is 11.8 Å². The Balaban J connectivity index is 3.21. The zero-order valence-corrected chi connectivity index (χ0v) is 14.6. The molecule has 106 valence electrons. The van der Waals surface area contributed by atoms with Crippen molar-refractivity contribution < 1.29 is 13.6 Å². The summed E-state index contributed by atoms with van der Waals surface area (Å²) in [4.78, 5) is 0.959. The number of rotatable bonds is 4. The second-order valence-corrected chi connectivity index (χ2v) is 13.8. The molecule has 1 unspecified atom stereocenters. The van der Waals surface area contributed by atoms with Crippen molar-refractivity contribution in [2.75, 3.05) is 6.61 Å². The number of hydrogen-bond donors (Lipinski definition) is 0. The van der Waals surface area contributed by atoms with Gasteiger partial charge in [0.05, 0.1) is 20.8 Å². The van der Waals surface area contributed by atoms with E-state index in [1.54, 1.807) is 0 Å². The lowest BCUT2D eigenvalue weighted by Gasteiger charge is -2.39. The molecule has 0 fully saturated rings. The summed E-state index contributed by atoms with van der Waals surface area (Å²) < 4.78 is 24.5. The predicted molar refractivity (Wildman–Crippen MR) is 79.5 cm³/mol. The van der Waals surface area contributed by atoms with Crippen molar-refractivity contribution >= 4 is 15.7 Å². The highest BCUT2D eigenvalue weighted by Gasteiger charge is 2.45. The highest BCUT2D eigenvalue weighted by molar-refractivity contribution is 7.62. The van der Waals surface area contributed by atoms with Crippen LogP contribution in [0.25, 0.3) is 0 Å². The van der Waals surface area contributed by atoms with E-state index in [0.29, 0.717) is 18.4 Å². The molecule has 5 heteroatoms. The fourth-order valence-electron chi connectivity index (χ4n) is 2.41. The fourth-order valence-corrected chi connectivity index (χ4v) is 8.64. The first-order chi connectivity index (χ1) is 8.12. The molecular weight excluding hydrogens is 263 g/mol. The lowest BCUT2D eigenvalue weighted by molar-refractivity contribution is 0.0857. The molecule has 0 saturated heterocycles. The van der Waals surface area contributed by atoms with Crippen molar-refractivity contribution in [2.45, 2.75) is 53.4 Å². The van der Waals surface area contributed by atoms with Crippen LogP contribution in [0.5, 0.6) is 0 Å². The minimum Gasteiger partial charge on any atom is -0.306 e. The van der Waals surface area contributed by atoms with Crippen LogP contribution < -0.4 is 0 Å². The van der Waals surface area contributed by atoms with Gasteiger partial charge in [-0.2, -0.15) is 0 Å². The van der Waals surface area contributed by atoms with Crippen molar-refractivity contribution in [3.8, 4) is 0 Å². The van der Waals surface area contributed by atoms with E-state index < -0.39 is 15.7 Å². The van der Waals surface area contributed by atoms with E-state index in [1.807, 2.05) is 6.92 Å². The van der Waals surface area contributed by atoms with Crippen molar-refractivity contribution in [3.63, 3.8) is 0 Å². The van der Waals surface area contributed by atoms with Gasteiger partial charge in [0.15, 0.2) is 0 Å². The van der Waals surface area contributed by atoms with Gasteiger partial charge in [-0.1, -0.05) is 46.5 Å². The standard InChI is InChI=1S/C13H27O3PSi/c1-8-15-17(14)12(18(5,6)7)9-11(4)13(16-17)10(2)3/h9-11,13H,8H2,1-7H3/t11-,13-,17?/m0/s1. The van der Waals surface area contributed by atoms with Gasteiger partial charge in [0.25, 0.3) is 0 Å². The lowest BCUT2D eigenvalue weighted by atomic mass is 9.95. The van der Waals surface area contributed by atoms with Gasteiger partial charge in [-0.3, -0.25) is 4.57 Å². The first-order valence-electron chi connectivity index (χ1n) is 6.77. The van der Waals surface area contributed by atoms with E-state index in [1.165, 1.54) is 0 Å². The maximum Gasteiger partial charge on any atom is 0.353 e. The molecule has 3 atom stereocenters. The molecule has 0 aromatic rings. The van der Waals surface area contributed by atoms with E-state index in [0.717, 1.165) is 4.94 Å². The molecule has 1 heterocycles. The molecule has 0 bridgehead atoms. The van der Waals surface area contributed by atoms with Gasteiger partial charge < -0.3 is 9.05 Å². The Hall–Kier alpha value is 0.107. The van der Waals surface area contributed by atoms with Crippen molar-refractivity contribution in [3.05, 3.63) is 11.0 Å². The molecule has 0 N–H and O–H groups in total. The third-order valence-corrected chi connectivity index (χ3v) is 9.61. The Morgan fingerprint density at radius 1 is 1.44 bits per heavy atom. The molecule has 0 aromatic heterocycles. The average molecular weight is 290 g/mol. The Morgan fingerprint density at radius 3 is 2.39 bits per heavy atom. The van der Waals surface area contributed by atoms with Gasteiger partial charge in [-0.25, -0.2) is 0 Å². The van der Waals surface area contributed by atoms with Crippen LogP contribution in [-0.4, -0.2) is 20.8 Å². The van der Waals surface area contributed by atoms with E-state index in [4.69, 9.17) is 9.05 Å². The van der Waals surface area contributed by atoms with Crippen LogP contribution in [0.3, 0.4) is 0 Å². The van der Waals surface area contributed by atoms with Crippen molar-refractivity contribution in [1.29, 1.82) is 0 Å². The highest BCUT2D eigenvalue weighted by Crippen LogP contribution is 2.63. The fraction of sp³-hybridized carbons (Fsp3) is 0.846. The van der Waals surface area contributed by atoms with Crippen LogP contribution >= 0.6 is 7.60 Å². The highest BCUT2D eigenvalue weighted by atomic mass is 31.2. The SMILES string of the molecule is CCOP1(=O)O[C@@H](C(C)C)[C@@H](C)C=C1[Si](C)(C)C. The molecule has 0 aliphatic carbocycles. The molecule has 3 nitrogen and oxygen atoms in total. The van der Waals surface area contributed by atoms with Gasteiger partial charge in [0.2, 0.25) is 0 Å². The normalized spacial score (nSPS) is 33.7. The smallest absolute Gasteiger partial charge is 0.306 e. The van der Waals surface area contributed by atoms with E-state index in [-0.39, 0.29) is 6.10 Å². The van der Waals surface area contributed by atoms with Crippen molar-refractivity contribution in [1.82, 2.24) is 0 Å². The zero-order valence-electron chi connectivity index (χ0n) is 12.7. The summed E-state index contributed by atoms with van der Waals surface area (Å²) in [6, 6.07) is 0. The molecule has 0 aromatic carbocycles. The third kappa shape index (κ3) is 3.35. The first kappa shape index (κ1) is 16.2. The second kappa shape index (κ2) is 5.62. The van der Waals surface area contributed by atoms with E-state index in [2.05, 4.69) is 46.5 Å². The van der Waals surface area contributed by atoms with Gasteiger partial charge in [-0.05, 0) is 12.8 Å². The van der Waals surface area contributed by atoms with Crippen LogP contribution in [0.1, 0.15) is 27.7 Å². The third-order valence-electron chi connectivity index (χ3n) is 3.22. The minimum absolute atomic E-state index is 0.0116. The molecule has 0 radical (unpaired) electrons. The van der Waals surface area contributed by atoms with Gasteiger partial charge in [-0.15, -0.1) is 0 Å². The summed E-state index contributed by atoms with van der Waals surface area (Å²) in [6.07, 6.45) is 2.15. The summed E-state index contributed by atoms with van der Waals surface area (Å²) in [5, 5.41) is 0. The monoisotopic (exact) mass is 290 g/mol. The molecule has 0 saturated carbocycles. The molecular formula is C13H27O3PSi. The summed E-state index contributed by atoms with van der Waals surface area (Å²) >= 11 is 0. The van der Waals surface area contributed by atoms with Gasteiger partial charge in [0.1, 0.15) is 0 Å². The maximum atomic E-state index is 13.0. The summed E-state index contributed by atoms with van der Waals surface area (Å²) in [6.45, 7) is 15.2. The molecule has 1 aliphatic rings. The van der Waals surface area contributed by atoms with Gasteiger partial charge >= 0.3 is 7.60 Å². The summed E-state index contributed by atoms with van der Waals surface area (Å²) in [7, 11) is -4.76. The Bertz CT molecular complexity index is 371. The molecule has 0 amide bonds. The summed E-state index contributed by atoms with van der Waals surface area (Å²) in [5.41, 5.74) is 0. The average Bonchev–Trinajstić information content (AvgIpc) is 2.19. The first-order valence-corrected chi connectivity index (χ1v) is 11.8. The number of hydrogen-bond acceptors (Lipinski definition) is 3. The lowest BCUT2D eigenvalue weighted by Crippen LogP contribution is -2.35. The van der Waals surface area contributed by atoms with Crippen LogP contribution in [-0.2, 0) is 13.6 Å². The van der Waals surface area contributed by atoms with Gasteiger partial charge in [0, 0.05) is 10.9 Å². The Kier molecular flexibility index (Phi) is 5.04. The molecule has 1 rings (SSSR count). The minimum atomic E-state index is -3.07. The van der Waals surface area contributed by atoms with Crippen LogP contribution in [0.4, 0.5) is 0 Å². The summed E-state index contributed by atoms with van der Waals surface area (Å²) in [5.74, 6) is 0.641. The largest absolute Gasteiger partial charge is 0.353 e. The molecule has 1 aliphatic heterocycles. The predicted octanol–water partition coefficient (Wildman–Crippen LogP) is 4.67. The second-order valence-electron chi connectivity index (χ2n) is 6.39. The van der Waals surface area contributed by atoms with E-state index >= 15 is 0 Å². The van der Waals surface area contributed by atoms with Crippen LogP contribution in [0.2, 0.25) is 19.6 Å². The van der Waals surface area contributed by atoms with Crippen LogP contribution in [0.15, 0.2) is 11.0 Å². The Labute approximate surface area is 112 Å². The van der Waals surface area contributed by atoms with Crippen molar-refractivity contribution in [2.24, 2.45) is 11.8 Å². The topological polar surface area (TPSA) is 35.5 Å². The Morgan fingerprint density at radius 2 is 2.00 bits per heavy atom.